The minimum atomic E-state index is 0.129. The number of nitriles is 1. The molecule has 0 spiro atoms. The van der Waals surface area contributed by atoms with Crippen LogP contribution in [0.3, 0.4) is 0 Å². The molecule has 142 valence electrons. The van der Waals surface area contributed by atoms with Crippen molar-refractivity contribution in [2.45, 2.75) is 32.2 Å². The van der Waals surface area contributed by atoms with Crippen LogP contribution < -0.4 is 4.90 Å². The Hall–Kier alpha value is -2.95. The van der Waals surface area contributed by atoms with Crippen molar-refractivity contribution >= 4 is 11.2 Å². The van der Waals surface area contributed by atoms with E-state index in [1.165, 1.54) is 11.1 Å². The average molecular weight is 374 g/mol. The number of pyridine rings is 2. The SMILES string of the molecule is C[C@@H]1CN(c2ccc(C#N)n3nccc23)C[C@H](CN2Cc3ccncc3C2)O1. The number of hydrogen-bond acceptors (Lipinski definition) is 6. The van der Waals surface area contributed by atoms with Gasteiger partial charge in [-0.3, -0.25) is 9.88 Å². The van der Waals surface area contributed by atoms with Crippen LogP contribution in [0.2, 0.25) is 0 Å². The van der Waals surface area contributed by atoms with Gasteiger partial charge >= 0.3 is 0 Å². The van der Waals surface area contributed by atoms with Gasteiger partial charge in [0, 0.05) is 45.1 Å². The van der Waals surface area contributed by atoms with Gasteiger partial charge in [0.05, 0.1) is 29.6 Å². The lowest BCUT2D eigenvalue weighted by molar-refractivity contribution is -0.0329. The predicted octanol–water partition coefficient (Wildman–Crippen LogP) is 2.21. The summed E-state index contributed by atoms with van der Waals surface area (Å²) in [6, 6.07) is 10.2. The van der Waals surface area contributed by atoms with E-state index in [1.807, 2.05) is 30.6 Å². The first-order chi connectivity index (χ1) is 13.7. The van der Waals surface area contributed by atoms with Crippen LogP contribution in [0.1, 0.15) is 23.7 Å². The van der Waals surface area contributed by atoms with E-state index >= 15 is 0 Å². The van der Waals surface area contributed by atoms with E-state index < -0.39 is 0 Å². The lowest BCUT2D eigenvalue weighted by Crippen LogP contribution is -2.50. The number of rotatable bonds is 3. The predicted molar refractivity (Wildman–Crippen MR) is 105 cm³/mol. The monoisotopic (exact) mass is 374 g/mol. The second kappa shape index (κ2) is 6.89. The first-order valence-corrected chi connectivity index (χ1v) is 9.62. The van der Waals surface area contributed by atoms with Crippen molar-refractivity contribution in [1.29, 1.82) is 5.26 Å². The van der Waals surface area contributed by atoms with Gasteiger partial charge in [0.15, 0.2) is 0 Å². The maximum absolute atomic E-state index is 9.32. The van der Waals surface area contributed by atoms with Crippen LogP contribution in [0.25, 0.3) is 5.52 Å². The van der Waals surface area contributed by atoms with Crippen LogP contribution >= 0.6 is 0 Å². The topological polar surface area (TPSA) is 69.7 Å². The van der Waals surface area contributed by atoms with Crippen molar-refractivity contribution in [3.8, 4) is 6.07 Å². The molecule has 0 radical (unpaired) electrons. The van der Waals surface area contributed by atoms with Gasteiger partial charge in [-0.25, -0.2) is 4.52 Å². The quantitative estimate of drug-likeness (QED) is 0.700. The first kappa shape index (κ1) is 17.2. The Morgan fingerprint density at radius 2 is 2.04 bits per heavy atom. The Kier molecular flexibility index (Phi) is 4.23. The molecule has 3 aromatic heterocycles. The highest BCUT2D eigenvalue weighted by Crippen LogP contribution is 2.28. The van der Waals surface area contributed by atoms with E-state index in [0.717, 1.165) is 43.9 Å². The molecule has 3 aromatic rings. The first-order valence-electron chi connectivity index (χ1n) is 9.62. The molecule has 28 heavy (non-hydrogen) atoms. The van der Waals surface area contributed by atoms with Crippen LogP contribution in [-0.4, -0.2) is 51.3 Å². The van der Waals surface area contributed by atoms with Crippen molar-refractivity contribution in [3.63, 3.8) is 0 Å². The second-order valence-corrected chi connectivity index (χ2v) is 7.63. The van der Waals surface area contributed by atoms with Gasteiger partial charge in [0.2, 0.25) is 0 Å². The molecule has 0 bridgehead atoms. The van der Waals surface area contributed by atoms with Crippen molar-refractivity contribution in [3.05, 3.63) is 59.7 Å². The zero-order valence-electron chi connectivity index (χ0n) is 15.8. The molecule has 2 atom stereocenters. The third-order valence-corrected chi connectivity index (χ3v) is 5.57. The fourth-order valence-corrected chi connectivity index (χ4v) is 4.41. The molecule has 0 unspecified atom stereocenters. The third-order valence-electron chi connectivity index (χ3n) is 5.57. The van der Waals surface area contributed by atoms with Gasteiger partial charge in [-0.1, -0.05) is 0 Å². The van der Waals surface area contributed by atoms with Crippen molar-refractivity contribution < 1.29 is 4.74 Å². The number of aromatic nitrogens is 3. The zero-order chi connectivity index (χ0) is 19.1. The van der Waals surface area contributed by atoms with Crippen LogP contribution in [0.4, 0.5) is 5.69 Å². The van der Waals surface area contributed by atoms with Crippen LogP contribution in [0.15, 0.2) is 42.9 Å². The molecular weight excluding hydrogens is 352 g/mol. The number of anilines is 1. The second-order valence-electron chi connectivity index (χ2n) is 7.63. The van der Waals surface area contributed by atoms with Gasteiger partial charge in [0.1, 0.15) is 11.8 Å². The molecule has 0 aliphatic carbocycles. The third kappa shape index (κ3) is 3.01. The Morgan fingerprint density at radius 1 is 1.14 bits per heavy atom. The Labute approximate surface area is 163 Å². The zero-order valence-corrected chi connectivity index (χ0v) is 15.8. The summed E-state index contributed by atoms with van der Waals surface area (Å²) >= 11 is 0. The molecule has 0 amide bonds. The molecule has 5 rings (SSSR count). The lowest BCUT2D eigenvalue weighted by atomic mass is 10.1. The molecule has 7 nitrogen and oxygen atoms in total. The number of ether oxygens (including phenoxy) is 1. The maximum atomic E-state index is 9.32. The summed E-state index contributed by atoms with van der Waals surface area (Å²) in [5.74, 6) is 0. The molecule has 5 heterocycles. The van der Waals surface area contributed by atoms with Crippen LogP contribution in [0, 0.1) is 11.3 Å². The van der Waals surface area contributed by atoms with E-state index in [2.05, 4.69) is 38.9 Å². The molecule has 7 heteroatoms. The summed E-state index contributed by atoms with van der Waals surface area (Å²) in [6.07, 6.45) is 5.86. The smallest absolute Gasteiger partial charge is 0.142 e. The lowest BCUT2D eigenvalue weighted by Gasteiger charge is -2.39. The number of hydrogen-bond donors (Lipinski definition) is 0. The average Bonchev–Trinajstić information content (AvgIpc) is 3.33. The number of nitrogens with zero attached hydrogens (tertiary/aromatic N) is 6. The summed E-state index contributed by atoms with van der Waals surface area (Å²) in [5, 5.41) is 13.6. The van der Waals surface area contributed by atoms with E-state index in [4.69, 9.17) is 4.74 Å². The van der Waals surface area contributed by atoms with E-state index in [1.54, 1.807) is 10.7 Å². The molecule has 1 fully saturated rings. The molecule has 2 aliphatic heterocycles. The van der Waals surface area contributed by atoms with Gasteiger partial charge in [-0.15, -0.1) is 0 Å². The van der Waals surface area contributed by atoms with E-state index in [0.29, 0.717) is 5.69 Å². The Balaban J connectivity index is 1.35. The fourth-order valence-electron chi connectivity index (χ4n) is 4.41. The van der Waals surface area contributed by atoms with Crippen molar-refractivity contribution in [1.82, 2.24) is 19.5 Å². The highest BCUT2D eigenvalue weighted by molar-refractivity contribution is 5.74. The highest BCUT2D eigenvalue weighted by Gasteiger charge is 2.30. The van der Waals surface area contributed by atoms with Crippen LogP contribution in [0.5, 0.6) is 0 Å². The maximum Gasteiger partial charge on any atom is 0.142 e. The summed E-state index contributed by atoms with van der Waals surface area (Å²) in [4.78, 5) is 9.04. The summed E-state index contributed by atoms with van der Waals surface area (Å²) in [7, 11) is 0. The van der Waals surface area contributed by atoms with Gasteiger partial charge in [0.25, 0.3) is 0 Å². The normalized spacial score (nSPS) is 22.4. The van der Waals surface area contributed by atoms with E-state index in [9.17, 15) is 5.26 Å². The van der Waals surface area contributed by atoms with Crippen molar-refractivity contribution in [2.24, 2.45) is 0 Å². The summed E-state index contributed by atoms with van der Waals surface area (Å²) in [6.45, 7) is 6.55. The molecule has 0 aromatic carbocycles. The largest absolute Gasteiger partial charge is 0.370 e. The molecule has 1 saturated heterocycles. The summed E-state index contributed by atoms with van der Waals surface area (Å²) < 4.78 is 7.98. The van der Waals surface area contributed by atoms with Crippen molar-refractivity contribution in [2.75, 3.05) is 24.5 Å². The fraction of sp³-hybridized carbons (Fsp3) is 0.381. The standard InChI is InChI=1S/C21H22N6O/c1-15-10-26(20-3-2-18(8-22)27-21(20)5-7-24-27)14-19(28-15)13-25-11-16-4-6-23-9-17(16)12-25/h2-7,9,15,19H,10-14H2,1H3/t15-,19+/m1/s1. The molecular formula is C21H22N6O. The van der Waals surface area contributed by atoms with Gasteiger partial charge in [-0.2, -0.15) is 10.4 Å². The van der Waals surface area contributed by atoms with Crippen LogP contribution in [-0.2, 0) is 17.8 Å². The minimum Gasteiger partial charge on any atom is -0.370 e. The minimum absolute atomic E-state index is 0.129. The van der Waals surface area contributed by atoms with Gasteiger partial charge in [-0.05, 0) is 42.3 Å². The molecule has 0 N–H and O–H groups in total. The molecule has 2 aliphatic rings. The Morgan fingerprint density at radius 3 is 2.89 bits per heavy atom. The molecule has 0 saturated carbocycles. The number of morpholine rings is 1. The van der Waals surface area contributed by atoms with Gasteiger partial charge < -0.3 is 9.64 Å². The highest BCUT2D eigenvalue weighted by atomic mass is 16.5. The summed E-state index contributed by atoms with van der Waals surface area (Å²) in [5.41, 5.74) is 5.29. The number of fused-ring (bicyclic) bond motifs is 2. The van der Waals surface area contributed by atoms with E-state index in [-0.39, 0.29) is 12.2 Å². The Bertz CT molecular complexity index is 1030.